The molecule has 0 heterocycles. The number of phosphoric ester groups is 3. The normalized spacial score (nSPS) is 24.4. The fourth-order valence-corrected chi connectivity index (χ4v) is 6.96. The molecular formula is C32H55O19P3. The van der Waals surface area contributed by atoms with Crippen LogP contribution in [0.5, 0.6) is 0 Å². The molecule has 312 valence electrons. The lowest BCUT2D eigenvalue weighted by Gasteiger charge is -2.44. The highest BCUT2D eigenvalue weighted by Crippen LogP contribution is 2.51. The van der Waals surface area contributed by atoms with Crippen LogP contribution in [0.3, 0.4) is 0 Å². The van der Waals surface area contributed by atoms with Crippen LogP contribution < -0.4 is 0 Å². The largest absolute Gasteiger partial charge is 0.472 e. The fourth-order valence-electron chi connectivity index (χ4n) is 4.86. The highest BCUT2D eigenvalue weighted by molar-refractivity contribution is 7.47. The summed E-state index contributed by atoms with van der Waals surface area (Å²) in [4.78, 5) is 72.1. The van der Waals surface area contributed by atoms with Crippen molar-refractivity contribution in [2.75, 3.05) is 13.2 Å². The van der Waals surface area contributed by atoms with Crippen molar-refractivity contribution in [3.8, 4) is 0 Å². The van der Waals surface area contributed by atoms with Gasteiger partial charge in [0.2, 0.25) is 0 Å². The van der Waals surface area contributed by atoms with E-state index in [2.05, 4.69) is 27.3 Å². The smallest absolute Gasteiger partial charge is 0.462 e. The van der Waals surface area contributed by atoms with Crippen molar-refractivity contribution in [3.63, 3.8) is 0 Å². The van der Waals surface area contributed by atoms with Gasteiger partial charge in [-0.1, -0.05) is 74.8 Å². The maximum Gasteiger partial charge on any atom is 0.472 e. The molecule has 1 aliphatic rings. The van der Waals surface area contributed by atoms with Crippen LogP contribution in [0.25, 0.3) is 0 Å². The molecule has 22 heteroatoms. The summed E-state index contributed by atoms with van der Waals surface area (Å²) >= 11 is 0. The molecule has 0 aromatic heterocycles. The van der Waals surface area contributed by atoms with E-state index in [4.69, 9.17) is 28.3 Å². The van der Waals surface area contributed by atoms with E-state index in [1.165, 1.54) is 0 Å². The molecule has 0 aliphatic heterocycles. The molecule has 0 spiro atoms. The zero-order valence-electron chi connectivity index (χ0n) is 30.3. The van der Waals surface area contributed by atoms with Crippen LogP contribution in [0.2, 0.25) is 0 Å². The van der Waals surface area contributed by atoms with Crippen molar-refractivity contribution >= 4 is 35.4 Å². The Bertz CT molecular complexity index is 1370. The predicted octanol–water partition coefficient (Wildman–Crippen LogP) is 3.55. The van der Waals surface area contributed by atoms with Crippen LogP contribution in [0.1, 0.15) is 84.5 Å². The van der Waals surface area contributed by atoms with E-state index < -0.39 is 91.3 Å². The van der Waals surface area contributed by atoms with Gasteiger partial charge in [0.15, 0.2) is 6.10 Å². The molecule has 0 aromatic carbocycles. The van der Waals surface area contributed by atoms with Gasteiger partial charge in [-0.2, -0.15) is 0 Å². The first-order valence-electron chi connectivity index (χ1n) is 17.4. The summed E-state index contributed by atoms with van der Waals surface area (Å²) in [5.41, 5.74) is 0. The number of carbonyl (C=O) groups excluding carboxylic acids is 2. The molecule has 54 heavy (non-hydrogen) atoms. The van der Waals surface area contributed by atoms with Gasteiger partial charge in [0.25, 0.3) is 0 Å². The van der Waals surface area contributed by atoms with Crippen molar-refractivity contribution < 1.29 is 90.6 Å². The maximum atomic E-state index is 12.9. The molecule has 1 unspecified atom stereocenters. The van der Waals surface area contributed by atoms with Gasteiger partial charge < -0.3 is 49.3 Å². The van der Waals surface area contributed by atoms with Crippen molar-refractivity contribution in [1.29, 1.82) is 0 Å². The zero-order chi connectivity index (χ0) is 40.8. The third-order valence-electron chi connectivity index (χ3n) is 7.48. The number of hydrogen-bond acceptors (Lipinski definition) is 14. The van der Waals surface area contributed by atoms with Gasteiger partial charge in [-0.15, -0.1) is 0 Å². The highest BCUT2D eigenvalue weighted by Gasteiger charge is 2.56. The van der Waals surface area contributed by atoms with Gasteiger partial charge >= 0.3 is 35.4 Å². The topological polar surface area (TPSA) is 303 Å². The molecular weight excluding hydrogens is 781 g/mol. The van der Waals surface area contributed by atoms with Gasteiger partial charge in [-0.3, -0.25) is 27.7 Å². The number of unbranched alkanes of at least 4 members (excludes halogenated alkanes) is 4. The summed E-state index contributed by atoms with van der Waals surface area (Å²) in [7, 11) is -16.6. The number of phosphoric acid groups is 3. The summed E-state index contributed by atoms with van der Waals surface area (Å²) in [5.74, 6) is -1.39. The average molecular weight is 837 g/mol. The summed E-state index contributed by atoms with van der Waals surface area (Å²) in [6.07, 6.45) is 6.03. The van der Waals surface area contributed by atoms with Crippen molar-refractivity contribution in [2.45, 2.75) is 127 Å². The quantitative estimate of drug-likeness (QED) is 0.0254. The molecule has 1 aliphatic carbocycles. The Kier molecular flexibility index (Phi) is 24.2. The van der Waals surface area contributed by atoms with Crippen LogP contribution in [-0.2, 0) is 50.9 Å². The summed E-state index contributed by atoms with van der Waals surface area (Å²) in [5, 5.41) is 31.5. The number of carbonyl (C=O) groups is 2. The minimum Gasteiger partial charge on any atom is -0.462 e. The van der Waals surface area contributed by atoms with E-state index in [9.17, 15) is 53.3 Å². The number of esters is 2. The van der Waals surface area contributed by atoms with E-state index in [-0.39, 0.29) is 12.8 Å². The molecule has 0 radical (unpaired) electrons. The predicted molar refractivity (Wildman–Crippen MR) is 192 cm³/mol. The van der Waals surface area contributed by atoms with Gasteiger partial charge in [0.05, 0.1) is 6.61 Å². The summed E-state index contributed by atoms with van der Waals surface area (Å²) in [6.45, 7) is 2.42. The first kappa shape index (κ1) is 50.1. The van der Waals surface area contributed by atoms with E-state index >= 15 is 0 Å². The number of rotatable bonds is 27. The van der Waals surface area contributed by atoms with Crippen LogP contribution in [0, 0.1) is 0 Å². The van der Waals surface area contributed by atoms with E-state index in [0.29, 0.717) is 25.7 Å². The number of aliphatic hydroxyl groups is 3. The lowest BCUT2D eigenvalue weighted by molar-refractivity contribution is -0.213. The van der Waals surface area contributed by atoms with Crippen molar-refractivity contribution in [2.24, 2.45) is 0 Å². The van der Waals surface area contributed by atoms with Gasteiger partial charge in [-0.05, 0) is 45.4 Å². The molecule has 0 saturated heterocycles. The summed E-state index contributed by atoms with van der Waals surface area (Å²) < 4.78 is 64.5. The lowest BCUT2D eigenvalue weighted by atomic mass is 9.85. The Hall–Kier alpha value is -1.89. The first-order valence-corrected chi connectivity index (χ1v) is 21.9. The lowest BCUT2D eigenvalue weighted by Crippen LogP contribution is -2.65. The Morgan fingerprint density at radius 1 is 0.630 bits per heavy atom. The molecule has 1 rings (SSSR count). The van der Waals surface area contributed by atoms with Crippen LogP contribution >= 0.6 is 23.5 Å². The molecule has 1 fully saturated rings. The Morgan fingerprint density at radius 2 is 1.15 bits per heavy atom. The highest BCUT2D eigenvalue weighted by atomic mass is 31.2. The number of ether oxygens (including phenoxy) is 2. The number of aliphatic hydroxyl groups excluding tert-OH is 3. The minimum atomic E-state index is -5.59. The van der Waals surface area contributed by atoms with Gasteiger partial charge in [-0.25, -0.2) is 13.7 Å². The van der Waals surface area contributed by atoms with Gasteiger partial charge in [0, 0.05) is 12.8 Å². The SMILES string of the molecule is C/C=C\C/C=C/C/C=C\C/C=C\CCCC(=O)O[C@H](COC(=O)CCCCCC)COP(=O)(O)O[C@@H]1[C@H](O)[C@H](O)[C@@H](OP(=O)(O)O)[C@H](OP(=O)(O)O)[C@H]1O. The second-order valence-corrected chi connectivity index (χ2v) is 15.9. The molecule has 1 saturated carbocycles. The molecule has 0 aromatic rings. The Balaban J connectivity index is 2.89. The monoisotopic (exact) mass is 836 g/mol. The maximum absolute atomic E-state index is 12.9. The number of allylic oxidation sites excluding steroid dienone is 8. The first-order chi connectivity index (χ1) is 25.3. The summed E-state index contributed by atoms with van der Waals surface area (Å²) in [6, 6.07) is 0. The third kappa shape index (κ3) is 22.6. The Morgan fingerprint density at radius 3 is 1.70 bits per heavy atom. The average Bonchev–Trinajstić information content (AvgIpc) is 3.08. The van der Waals surface area contributed by atoms with Crippen LogP contribution in [-0.4, -0.2) is 108 Å². The zero-order valence-corrected chi connectivity index (χ0v) is 32.9. The Labute approximate surface area is 314 Å². The van der Waals surface area contributed by atoms with E-state index in [1.54, 1.807) is 0 Å². The van der Waals surface area contributed by atoms with Crippen LogP contribution in [0.15, 0.2) is 48.6 Å². The molecule has 19 nitrogen and oxygen atoms in total. The van der Waals surface area contributed by atoms with Crippen molar-refractivity contribution in [3.05, 3.63) is 48.6 Å². The fraction of sp³-hybridized carbons (Fsp3) is 0.688. The van der Waals surface area contributed by atoms with E-state index in [0.717, 1.165) is 32.1 Å². The number of hydrogen-bond donors (Lipinski definition) is 8. The minimum absolute atomic E-state index is 0.0578. The second kappa shape index (κ2) is 26.1. The standard InChI is InChI=1S/C32H55O19P3/c1-3-5-7-9-10-11-12-13-14-15-16-17-19-21-26(34)48-24(22-46-25(33)20-18-8-6-4-2)23-47-54(44,45)51-30-27(35)28(36)31(49-52(38,39)40)32(29(30)37)50-53(41,42)43/h3,5,9-10,12-13,15-16,24,27-32,35-37H,4,6-8,11,14,17-23H2,1-2H3,(H,44,45)(H2,38,39,40)(H2,41,42,43)/b5-3-,10-9+,13-12-,16-15-/t24-,27-,28+,29+,30-,31-,32-/m1/s1. The molecule has 0 bridgehead atoms. The van der Waals surface area contributed by atoms with E-state index in [1.807, 2.05) is 44.2 Å². The molecule has 8 N–H and O–H groups in total. The molecule has 8 atom stereocenters. The van der Waals surface area contributed by atoms with Crippen molar-refractivity contribution in [1.82, 2.24) is 0 Å². The van der Waals surface area contributed by atoms with Gasteiger partial charge in [0.1, 0.15) is 43.2 Å². The van der Waals surface area contributed by atoms with Crippen LogP contribution in [0.4, 0.5) is 0 Å². The molecule has 0 amide bonds. The second-order valence-electron chi connectivity index (χ2n) is 12.1. The third-order valence-corrected chi connectivity index (χ3v) is 9.50.